The van der Waals surface area contributed by atoms with Crippen molar-refractivity contribution < 1.29 is 8.42 Å². The molecule has 0 saturated heterocycles. The van der Waals surface area contributed by atoms with E-state index in [1.807, 2.05) is 0 Å². The summed E-state index contributed by atoms with van der Waals surface area (Å²) in [6, 6.07) is 10.5. The van der Waals surface area contributed by atoms with Crippen LogP contribution in [0.5, 0.6) is 0 Å². The van der Waals surface area contributed by atoms with Crippen LogP contribution in [-0.2, 0) is 10.0 Å². The highest BCUT2D eigenvalue weighted by atomic mass is 35.5. The molecule has 5 nitrogen and oxygen atoms in total. The molecule has 1 heterocycles. The Morgan fingerprint density at radius 1 is 1.11 bits per heavy atom. The van der Waals surface area contributed by atoms with Gasteiger partial charge in [-0.25, -0.2) is 13.4 Å². The first-order valence-electron chi connectivity index (χ1n) is 4.98. The smallest absolute Gasteiger partial charge is 0.263 e. The van der Waals surface area contributed by atoms with Crippen molar-refractivity contribution in [3.8, 4) is 0 Å². The normalized spacial score (nSPS) is 11.2. The second-order valence-electron chi connectivity index (χ2n) is 3.51. The molecule has 0 aliphatic carbocycles. The molecule has 0 radical (unpaired) electrons. The summed E-state index contributed by atoms with van der Waals surface area (Å²) in [7, 11) is -3.67. The molecule has 0 atom stereocenters. The Labute approximate surface area is 110 Å². The van der Waals surface area contributed by atoms with Crippen LogP contribution < -0.4 is 10.5 Å². The molecule has 1 aromatic carbocycles. The molecule has 2 aromatic rings. The van der Waals surface area contributed by atoms with Crippen LogP contribution >= 0.6 is 11.6 Å². The molecule has 0 bridgehead atoms. The van der Waals surface area contributed by atoms with Crippen molar-refractivity contribution in [2.75, 3.05) is 10.5 Å². The lowest BCUT2D eigenvalue weighted by Gasteiger charge is -2.07. The van der Waals surface area contributed by atoms with E-state index in [2.05, 4.69) is 9.71 Å². The maximum atomic E-state index is 12.0. The van der Waals surface area contributed by atoms with Crippen LogP contribution in [0.1, 0.15) is 0 Å². The van der Waals surface area contributed by atoms with E-state index in [0.717, 1.165) is 0 Å². The SMILES string of the molecule is Nc1cccc(NS(=O)(=O)c2ccc(Cl)cc2)n1. The summed E-state index contributed by atoms with van der Waals surface area (Å²) in [4.78, 5) is 3.97. The maximum absolute atomic E-state index is 12.0. The predicted molar refractivity (Wildman–Crippen MR) is 70.9 cm³/mol. The first-order chi connectivity index (χ1) is 8.47. The standard InChI is InChI=1S/C11H10ClN3O2S/c12-8-4-6-9(7-5-8)18(16,17)15-11-3-1-2-10(13)14-11/h1-7H,(H3,13,14,15). The summed E-state index contributed by atoms with van der Waals surface area (Å²) in [5.74, 6) is 0.413. The van der Waals surface area contributed by atoms with Gasteiger partial charge in [-0.1, -0.05) is 17.7 Å². The van der Waals surface area contributed by atoms with Crippen LogP contribution in [0.3, 0.4) is 0 Å². The van der Waals surface area contributed by atoms with E-state index in [1.54, 1.807) is 12.1 Å². The molecule has 3 N–H and O–H groups in total. The molecule has 1 aromatic heterocycles. The van der Waals surface area contributed by atoms with E-state index in [0.29, 0.717) is 5.02 Å². The van der Waals surface area contributed by atoms with Crippen molar-refractivity contribution >= 4 is 33.3 Å². The lowest BCUT2D eigenvalue weighted by Crippen LogP contribution is -2.14. The molecule has 94 valence electrons. The third-order valence-corrected chi connectivity index (χ3v) is 3.76. The number of hydrogen-bond acceptors (Lipinski definition) is 4. The average molecular weight is 284 g/mol. The summed E-state index contributed by atoms with van der Waals surface area (Å²) < 4.78 is 26.3. The number of pyridine rings is 1. The minimum Gasteiger partial charge on any atom is -0.384 e. The molecule has 0 amide bonds. The number of nitrogens with one attached hydrogen (secondary N) is 1. The van der Waals surface area contributed by atoms with Gasteiger partial charge in [-0.2, -0.15) is 0 Å². The molecule has 0 aliphatic heterocycles. The number of anilines is 2. The predicted octanol–water partition coefficient (Wildman–Crippen LogP) is 2.12. The van der Waals surface area contributed by atoms with Crippen LogP contribution in [0.4, 0.5) is 11.6 Å². The molecule has 18 heavy (non-hydrogen) atoms. The van der Waals surface area contributed by atoms with Crippen molar-refractivity contribution in [1.29, 1.82) is 0 Å². The van der Waals surface area contributed by atoms with Crippen LogP contribution in [-0.4, -0.2) is 13.4 Å². The Kier molecular flexibility index (Phi) is 3.40. The zero-order chi connectivity index (χ0) is 13.2. The summed E-state index contributed by atoms with van der Waals surface area (Å²) in [6.07, 6.45) is 0. The van der Waals surface area contributed by atoms with Gasteiger partial charge in [0.05, 0.1) is 4.90 Å². The molecular formula is C11H10ClN3O2S. The van der Waals surface area contributed by atoms with E-state index >= 15 is 0 Å². The average Bonchev–Trinajstić information content (AvgIpc) is 2.29. The maximum Gasteiger partial charge on any atom is 0.263 e. The summed E-state index contributed by atoms with van der Waals surface area (Å²) in [5, 5.41) is 0.469. The lowest BCUT2D eigenvalue weighted by atomic mass is 10.4. The fourth-order valence-electron chi connectivity index (χ4n) is 1.32. The second-order valence-corrected chi connectivity index (χ2v) is 5.63. The number of hydrogen-bond donors (Lipinski definition) is 2. The van der Waals surface area contributed by atoms with Gasteiger partial charge in [-0.3, -0.25) is 4.72 Å². The highest BCUT2D eigenvalue weighted by Gasteiger charge is 2.14. The molecule has 0 fully saturated rings. The number of nitrogens with two attached hydrogens (primary N) is 1. The first-order valence-corrected chi connectivity index (χ1v) is 6.84. The molecule has 0 saturated carbocycles. The van der Waals surface area contributed by atoms with Gasteiger partial charge in [0.1, 0.15) is 11.6 Å². The number of rotatable bonds is 3. The van der Waals surface area contributed by atoms with E-state index in [-0.39, 0.29) is 16.5 Å². The van der Waals surface area contributed by atoms with Crippen molar-refractivity contribution in [2.45, 2.75) is 4.90 Å². The topological polar surface area (TPSA) is 85.1 Å². The third kappa shape index (κ3) is 2.91. The van der Waals surface area contributed by atoms with Gasteiger partial charge in [0, 0.05) is 5.02 Å². The van der Waals surface area contributed by atoms with Gasteiger partial charge in [0.15, 0.2) is 0 Å². The molecule has 7 heteroatoms. The van der Waals surface area contributed by atoms with Crippen LogP contribution in [0, 0.1) is 0 Å². The van der Waals surface area contributed by atoms with Crippen molar-refractivity contribution in [3.05, 3.63) is 47.5 Å². The summed E-state index contributed by atoms with van der Waals surface area (Å²) in [5.41, 5.74) is 5.47. The highest BCUT2D eigenvalue weighted by molar-refractivity contribution is 7.92. The van der Waals surface area contributed by atoms with Gasteiger partial charge >= 0.3 is 0 Å². The Hall–Kier alpha value is -1.79. The number of sulfonamides is 1. The molecule has 0 aliphatic rings. The number of halogens is 1. The molecule has 0 spiro atoms. The van der Waals surface area contributed by atoms with Crippen LogP contribution in [0.15, 0.2) is 47.4 Å². The third-order valence-electron chi connectivity index (χ3n) is 2.13. The van der Waals surface area contributed by atoms with Gasteiger partial charge < -0.3 is 5.73 Å². The minimum absolute atomic E-state index is 0.108. The number of aromatic nitrogens is 1. The molecule has 2 rings (SSSR count). The van der Waals surface area contributed by atoms with E-state index in [9.17, 15) is 8.42 Å². The highest BCUT2D eigenvalue weighted by Crippen LogP contribution is 2.17. The fourth-order valence-corrected chi connectivity index (χ4v) is 2.45. The quantitative estimate of drug-likeness (QED) is 0.903. The molecular weight excluding hydrogens is 274 g/mol. The van der Waals surface area contributed by atoms with E-state index in [4.69, 9.17) is 17.3 Å². The number of benzene rings is 1. The number of nitrogens with zero attached hydrogens (tertiary/aromatic N) is 1. The zero-order valence-corrected chi connectivity index (χ0v) is 10.7. The van der Waals surface area contributed by atoms with Gasteiger partial charge in [0.2, 0.25) is 0 Å². The Balaban J connectivity index is 2.30. The largest absolute Gasteiger partial charge is 0.384 e. The summed E-state index contributed by atoms with van der Waals surface area (Å²) in [6.45, 7) is 0. The van der Waals surface area contributed by atoms with Gasteiger partial charge in [-0.05, 0) is 36.4 Å². The summed E-state index contributed by atoms with van der Waals surface area (Å²) >= 11 is 5.70. The van der Waals surface area contributed by atoms with Gasteiger partial charge in [-0.15, -0.1) is 0 Å². The van der Waals surface area contributed by atoms with Gasteiger partial charge in [0.25, 0.3) is 10.0 Å². The minimum atomic E-state index is -3.67. The van der Waals surface area contributed by atoms with Crippen LogP contribution in [0.25, 0.3) is 0 Å². The second kappa shape index (κ2) is 4.83. The Bertz CT molecular complexity index is 656. The monoisotopic (exact) mass is 283 g/mol. The molecule has 0 unspecified atom stereocenters. The first kappa shape index (κ1) is 12.7. The lowest BCUT2D eigenvalue weighted by molar-refractivity contribution is 0.601. The number of nitrogen functional groups attached to an aromatic ring is 1. The fraction of sp³-hybridized carbons (Fsp3) is 0. The Morgan fingerprint density at radius 3 is 2.39 bits per heavy atom. The van der Waals surface area contributed by atoms with Crippen molar-refractivity contribution in [3.63, 3.8) is 0 Å². The van der Waals surface area contributed by atoms with E-state index in [1.165, 1.54) is 30.3 Å². The zero-order valence-electron chi connectivity index (χ0n) is 9.17. The van der Waals surface area contributed by atoms with Crippen LogP contribution in [0.2, 0.25) is 5.02 Å². The van der Waals surface area contributed by atoms with E-state index < -0.39 is 10.0 Å². The Morgan fingerprint density at radius 2 is 1.78 bits per heavy atom. The van der Waals surface area contributed by atoms with Crippen molar-refractivity contribution in [1.82, 2.24) is 4.98 Å². The van der Waals surface area contributed by atoms with Crippen molar-refractivity contribution in [2.24, 2.45) is 0 Å².